The van der Waals surface area contributed by atoms with Gasteiger partial charge in [0.05, 0.1) is 10.6 Å². The molecule has 0 saturated heterocycles. The monoisotopic (exact) mass is 314 g/mol. The highest BCUT2D eigenvalue weighted by molar-refractivity contribution is 7.89. The fourth-order valence-electron chi connectivity index (χ4n) is 3.13. The number of nitrogens with one attached hydrogen (secondary N) is 1. The summed E-state index contributed by atoms with van der Waals surface area (Å²) in [6, 6.07) is 4.01. The van der Waals surface area contributed by atoms with Crippen molar-refractivity contribution < 1.29 is 12.8 Å². The van der Waals surface area contributed by atoms with Gasteiger partial charge < -0.3 is 5.32 Å². The molecule has 1 fully saturated rings. The van der Waals surface area contributed by atoms with Gasteiger partial charge in [-0.25, -0.2) is 17.9 Å². The highest BCUT2D eigenvalue weighted by atomic mass is 32.2. The van der Waals surface area contributed by atoms with Gasteiger partial charge in [-0.3, -0.25) is 0 Å². The van der Waals surface area contributed by atoms with E-state index in [0.29, 0.717) is 17.5 Å². The molecular formula is C15H23FN2O2S. The molecule has 2 rings (SSSR count). The Morgan fingerprint density at radius 1 is 1.29 bits per heavy atom. The number of rotatable bonds is 4. The molecular weight excluding hydrogens is 291 g/mol. The van der Waals surface area contributed by atoms with E-state index in [9.17, 15) is 12.8 Å². The molecule has 0 amide bonds. The van der Waals surface area contributed by atoms with Crippen LogP contribution in [0.1, 0.15) is 39.5 Å². The van der Waals surface area contributed by atoms with Crippen LogP contribution in [0.15, 0.2) is 23.1 Å². The van der Waals surface area contributed by atoms with Crippen LogP contribution in [0.2, 0.25) is 0 Å². The largest absolute Gasteiger partial charge is 0.380 e. The van der Waals surface area contributed by atoms with Crippen LogP contribution in [-0.4, -0.2) is 14.5 Å². The quantitative estimate of drug-likeness (QED) is 0.897. The molecule has 1 saturated carbocycles. The molecule has 0 spiro atoms. The number of hydrogen-bond donors (Lipinski definition) is 2. The lowest BCUT2D eigenvalue weighted by atomic mass is 9.78. The Labute approximate surface area is 126 Å². The predicted octanol–water partition coefficient (Wildman–Crippen LogP) is 3.10. The standard InChI is InChI=1S/C15H23FN2O2S/c1-10(2)12-5-3-4-6-14(12)18-15-8-7-11(9-13(15)16)21(17,19)20/h7-10,12,14,18H,3-6H2,1-2H3,(H2,17,19,20). The summed E-state index contributed by atoms with van der Waals surface area (Å²) in [5.41, 5.74) is 0.347. The SMILES string of the molecule is CC(C)C1CCCCC1Nc1ccc(S(N)(=O)=O)cc1F. The maximum Gasteiger partial charge on any atom is 0.238 e. The summed E-state index contributed by atoms with van der Waals surface area (Å²) in [5.74, 6) is 0.472. The second-order valence-corrected chi connectivity index (χ2v) is 7.69. The van der Waals surface area contributed by atoms with Crippen molar-refractivity contribution in [3.05, 3.63) is 24.0 Å². The third-order valence-corrected chi connectivity index (χ3v) is 5.20. The first-order valence-electron chi connectivity index (χ1n) is 7.38. The third-order valence-electron chi connectivity index (χ3n) is 4.29. The molecule has 4 nitrogen and oxygen atoms in total. The highest BCUT2D eigenvalue weighted by Gasteiger charge is 2.28. The molecule has 2 unspecified atom stereocenters. The molecule has 0 radical (unpaired) electrons. The van der Waals surface area contributed by atoms with Crippen LogP contribution in [0.4, 0.5) is 10.1 Å². The van der Waals surface area contributed by atoms with Crippen molar-refractivity contribution in [1.29, 1.82) is 0 Å². The van der Waals surface area contributed by atoms with E-state index in [1.807, 2.05) is 0 Å². The van der Waals surface area contributed by atoms with Crippen molar-refractivity contribution in [2.75, 3.05) is 5.32 Å². The highest BCUT2D eigenvalue weighted by Crippen LogP contribution is 2.33. The van der Waals surface area contributed by atoms with Crippen molar-refractivity contribution >= 4 is 15.7 Å². The number of halogens is 1. The first-order chi connectivity index (χ1) is 9.79. The van der Waals surface area contributed by atoms with Crippen molar-refractivity contribution in [2.45, 2.75) is 50.5 Å². The number of nitrogens with two attached hydrogens (primary N) is 1. The van der Waals surface area contributed by atoms with Crippen LogP contribution in [0.25, 0.3) is 0 Å². The lowest BCUT2D eigenvalue weighted by Crippen LogP contribution is -2.35. The average molecular weight is 314 g/mol. The van der Waals surface area contributed by atoms with Crippen LogP contribution >= 0.6 is 0 Å². The van der Waals surface area contributed by atoms with Crippen molar-refractivity contribution in [1.82, 2.24) is 0 Å². The van der Waals surface area contributed by atoms with E-state index >= 15 is 0 Å². The van der Waals surface area contributed by atoms with Gasteiger partial charge in [-0.05, 0) is 42.9 Å². The van der Waals surface area contributed by atoms with E-state index in [2.05, 4.69) is 19.2 Å². The van der Waals surface area contributed by atoms with Gasteiger partial charge in [-0.1, -0.05) is 26.7 Å². The lowest BCUT2D eigenvalue weighted by Gasteiger charge is -2.35. The smallest absolute Gasteiger partial charge is 0.238 e. The Morgan fingerprint density at radius 3 is 2.52 bits per heavy atom. The summed E-state index contributed by atoms with van der Waals surface area (Å²) in [6.45, 7) is 4.37. The molecule has 0 bridgehead atoms. The van der Waals surface area contributed by atoms with E-state index < -0.39 is 15.8 Å². The topological polar surface area (TPSA) is 72.2 Å². The van der Waals surface area contributed by atoms with Gasteiger partial charge in [-0.2, -0.15) is 0 Å². The third kappa shape index (κ3) is 3.95. The molecule has 0 aromatic heterocycles. The summed E-state index contributed by atoms with van der Waals surface area (Å²) >= 11 is 0. The first kappa shape index (κ1) is 16.2. The van der Waals surface area contributed by atoms with E-state index in [1.165, 1.54) is 18.6 Å². The molecule has 21 heavy (non-hydrogen) atoms. The summed E-state index contributed by atoms with van der Waals surface area (Å²) in [5, 5.41) is 8.26. The number of sulfonamides is 1. The van der Waals surface area contributed by atoms with Crippen molar-refractivity contribution in [3.8, 4) is 0 Å². The molecule has 1 aromatic rings. The fraction of sp³-hybridized carbons (Fsp3) is 0.600. The molecule has 118 valence electrons. The molecule has 1 aromatic carbocycles. The fourth-order valence-corrected chi connectivity index (χ4v) is 3.65. The normalized spacial score (nSPS) is 23.3. The van der Waals surface area contributed by atoms with E-state index in [1.54, 1.807) is 0 Å². The molecule has 3 N–H and O–H groups in total. The number of benzene rings is 1. The second kappa shape index (κ2) is 6.32. The zero-order valence-electron chi connectivity index (χ0n) is 12.5. The molecule has 0 heterocycles. The van der Waals surface area contributed by atoms with Crippen LogP contribution in [-0.2, 0) is 10.0 Å². The molecule has 1 aliphatic rings. The van der Waals surface area contributed by atoms with Crippen LogP contribution in [0, 0.1) is 17.7 Å². The maximum absolute atomic E-state index is 14.1. The van der Waals surface area contributed by atoms with Gasteiger partial charge >= 0.3 is 0 Å². The Morgan fingerprint density at radius 2 is 1.95 bits per heavy atom. The maximum atomic E-state index is 14.1. The molecule has 2 atom stereocenters. The zero-order valence-corrected chi connectivity index (χ0v) is 13.3. The van der Waals surface area contributed by atoms with Crippen LogP contribution in [0.5, 0.6) is 0 Å². The Hall–Kier alpha value is -1.14. The van der Waals surface area contributed by atoms with E-state index in [0.717, 1.165) is 25.3 Å². The second-order valence-electron chi connectivity index (χ2n) is 6.13. The summed E-state index contributed by atoms with van der Waals surface area (Å²) in [7, 11) is -3.87. The Balaban J connectivity index is 2.19. The zero-order chi connectivity index (χ0) is 15.6. The summed E-state index contributed by atoms with van der Waals surface area (Å²) in [4.78, 5) is -0.199. The lowest BCUT2D eigenvalue weighted by molar-refractivity contribution is 0.253. The van der Waals surface area contributed by atoms with Crippen molar-refractivity contribution in [3.63, 3.8) is 0 Å². The number of primary sulfonamides is 1. The number of hydrogen-bond acceptors (Lipinski definition) is 3. The van der Waals surface area contributed by atoms with Gasteiger partial charge in [-0.15, -0.1) is 0 Å². The number of anilines is 1. The van der Waals surface area contributed by atoms with E-state index in [4.69, 9.17) is 5.14 Å². The summed E-state index contributed by atoms with van der Waals surface area (Å²) < 4.78 is 36.5. The minimum atomic E-state index is -3.87. The Kier molecular flexibility index (Phi) is 4.88. The first-order valence-corrected chi connectivity index (χ1v) is 8.92. The van der Waals surface area contributed by atoms with Gasteiger partial charge in [0.15, 0.2) is 0 Å². The van der Waals surface area contributed by atoms with Gasteiger partial charge in [0.2, 0.25) is 10.0 Å². The Bertz CT molecular complexity index is 602. The van der Waals surface area contributed by atoms with E-state index in [-0.39, 0.29) is 10.9 Å². The van der Waals surface area contributed by atoms with Crippen LogP contribution < -0.4 is 10.5 Å². The molecule has 0 aliphatic heterocycles. The summed E-state index contributed by atoms with van der Waals surface area (Å²) in [6.07, 6.45) is 4.51. The predicted molar refractivity (Wildman–Crippen MR) is 82.0 cm³/mol. The van der Waals surface area contributed by atoms with Gasteiger partial charge in [0, 0.05) is 6.04 Å². The van der Waals surface area contributed by atoms with Gasteiger partial charge in [0.25, 0.3) is 0 Å². The molecule has 1 aliphatic carbocycles. The minimum Gasteiger partial charge on any atom is -0.380 e. The minimum absolute atomic E-state index is 0.199. The van der Waals surface area contributed by atoms with Crippen LogP contribution in [0.3, 0.4) is 0 Å². The van der Waals surface area contributed by atoms with Crippen molar-refractivity contribution in [2.24, 2.45) is 17.0 Å². The average Bonchev–Trinajstić information content (AvgIpc) is 2.40. The van der Waals surface area contributed by atoms with Gasteiger partial charge in [0.1, 0.15) is 5.82 Å². The molecule has 6 heteroatoms.